The molecule has 0 atom stereocenters. The minimum absolute atomic E-state index is 0.109. The minimum atomic E-state index is -0.342. The van der Waals surface area contributed by atoms with Crippen molar-refractivity contribution in [3.63, 3.8) is 0 Å². The third-order valence-corrected chi connectivity index (χ3v) is 4.08. The van der Waals surface area contributed by atoms with Crippen LogP contribution in [0.3, 0.4) is 0 Å². The number of nitrogens with zero attached hydrogens (tertiary/aromatic N) is 1. The molecule has 0 unspecified atom stereocenters. The van der Waals surface area contributed by atoms with Crippen LogP contribution >= 0.6 is 23.2 Å². The molecular formula is C18H18Cl2N2O. The molecule has 0 aromatic heterocycles. The fraction of sp³-hybridized carbons (Fsp3) is 0.222. The highest BCUT2D eigenvalue weighted by molar-refractivity contribution is 6.42. The van der Waals surface area contributed by atoms with Crippen LogP contribution < -0.4 is 5.43 Å². The third kappa shape index (κ3) is 4.81. The quantitative estimate of drug-likeness (QED) is 0.611. The van der Waals surface area contributed by atoms with E-state index in [1.54, 1.807) is 18.3 Å². The van der Waals surface area contributed by atoms with Gasteiger partial charge in [-0.3, -0.25) is 4.79 Å². The molecule has 2 aromatic carbocycles. The summed E-state index contributed by atoms with van der Waals surface area (Å²) in [4.78, 5) is 12.0. The highest BCUT2D eigenvalue weighted by Crippen LogP contribution is 2.23. The Hall–Kier alpha value is -1.84. The van der Waals surface area contributed by atoms with Crippen molar-refractivity contribution in [3.8, 4) is 0 Å². The highest BCUT2D eigenvalue weighted by Gasteiger charge is 2.12. The first-order valence-corrected chi connectivity index (χ1v) is 7.92. The zero-order valence-corrected chi connectivity index (χ0v) is 14.7. The van der Waals surface area contributed by atoms with Crippen LogP contribution in [0.5, 0.6) is 0 Å². The standard InChI is InChI=1S/C18H18Cl2N2O/c1-18(2,3)14-7-4-12(5-8-14)11-21-22-17(23)13-6-9-15(19)16(20)10-13/h4-11H,1-3H3,(H,22,23). The molecular weight excluding hydrogens is 331 g/mol. The van der Waals surface area contributed by atoms with E-state index in [4.69, 9.17) is 23.2 Å². The van der Waals surface area contributed by atoms with Crippen molar-refractivity contribution in [2.45, 2.75) is 26.2 Å². The van der Waals surface area contributed by atoms with Crippen molar-refractivity contribution in [2.24, 2.45) is 5.10 Å². The van der Waals surface area contributed by atoms with E-state index in [1.165, 1.54) is 11.6 Å². The minimum Gasteiger partial charge on any atom is -0.267 e. The van der Waals surface area contributed by atoms with Crippen LogP contribution in [0.1, 0.15) is 42.3 Å². The zero-order valence-electron chi connectivity index (χ0n) is 13.2. The van der Waals surface area contributed by atoms with Crippen LogP contribution in [0.4, 0.5) is 0 Å². The maximum absolute atomic E-state index is 12.0. The van der Waals surface area contributed by atoms with Crippen molar-refractivity contribution < 1.29 is 4.79 Å². The normalized spacial score (nSPS) is 11.7. The monoisotopic (exact) mass is 348 g/mol. The molecule has 0 aliphatic carbocycles. The summed E-state index contributed by atoms with van der Waals surface area (Å²) in [6, 6.07) is 12.7. The van der Waals surface area contributed by atoms with Gasteiger partial charge in [0, 0.05) is 5.56 Å². The Kier molecular flexibility index (Phi) is 5.45. The van der Waals surface area contributed by atoms with E-state index in [2.05, 4.69) is 43.4 Å². The van der Waals surface area contributed by atoms with Gasteiger partial charge in [-0.15, -0.1) is 0 Å². The van der Waals surface area contributed by atoms with Gasteiger partial charge in [-0.05, 0) is 34.7 Å². The van der Waals surface area contributed by atoms with E-state index in [1.807, 2.05) is 12.1 Å². The van der Waals surface area contributed by atoms with Gasteiger partial charge in [0.2, 0.25) is 0 Å². The van der Waals surface area contributed by atoms with Gasteiger partial charge in [-0.1, -0.05) is 68.2 Å². The molecule has 0 bridgehead atoms. The molecule has 2 aromatic rings. The van der Waals surface area contributed by atoms with Crippen molar-refractivity contribution >= 4 is 35.3 Å². The largest absolute Gasteiger partial charge is 0.271 e. The van der Waals surface area contributed by atoms with Gasteiger partial charge in [-0.2, -0.15) is 5.10 Å². The summed E-state index contributed by atoms with van der Waals surface area (Å²) >= 11 is 11.7. The number of carbonyl (C=O) groups excluding carboxylic acids is 1. The molecule has 0 saturated carbocycles. The number of halogens is 2. The Morgan fingerprint density at radius 2 is 1.70 bits per heavy atom. The predicted octanol–water partition coefficient (Wildman–Crippen LogP) is 5.05. The van der Waals surface area contributed by atoms with E-state index < -0.39 is 0 Å². The van der Waals surface area contributed by atoms with Crippen LogP contribution in [-0.2, 0) is 5.41 Å². The van der Waals surface area contributed by atoms with Crippen LogP contribution in [0, 0.1) is 0 Å². The summed E-state index contributed by atoms with van der Waals surface area (Å²) in [5.74, 6) is -0.342. The van der Waals surface area contributed by atoms with E-state index >= 15 is 0 Å². The number of amides is 1. The first kappa shape index (κ1) is 17.5. The maximum atomic E-state index is 12.0. The van der Waals surface area contributed by atoms with Gasteiger partial charge in [0.15, 0.2) is 0 Å². The lowest BCUT2D eigenvalue weighted by molar-refractivity contribution is 0.0955. The number of hydrogen-bond donors (Lipinski definition) is 1. The first-order valence-electron chi connectivity index (χ1n) is 7.16. The van der Waals surface area contributed by atoms with E-state index in [9.17, 15) is 4.79 Å². The fourth-order valence-corrected chi connectivity index (χ4v) is 2.23. The lowest BCUT2D eigenvalue weighted by Crippen LogP contribution is -2.17. The maximum Gasteiger partial charge on any atom is 0.271 e. The Balaban J connectivity index is 2.01. The average Bonchev–Trinajstić information content (AvgIpc) is 2.49. The Labute approximate surface area is 146 Å². The zero-order chi connectivity index (χ0) is 17.0. The molecule has 120 valence electrons. The molecule has 3 nitrogen and oxygen atoms in total. The Morgan fingerprint density at radius 3 is 2.26 bits per heavy atom. The molecule has 2 rings (SSSR count). The summed E-state index contributed by atoms with van der Waals surface area (Å²) in [5, 5.41) is 4.70. The number of hydrogen-bond acceptors (Lipinski definition) is 2. The van der Waals surface area contributed by atoms with E-state index in [-0.39, 0.29) is 11.3 Å². The number of carbonyl (C=O) groups is 1. The highest BCUT2D eigenvalue weighted by atomic mass is 35.5. The molecule has 0 fully saturated rings. The van der Waals surface area contributed by atoms with Crippen LogP contribution in [0.2, 0.25) is 10.0 Å². The van der Waals surface area contributed by atoms with Crippen LogP contribution in [-0.4, -0.2) is 12.1 Å². The van der Waals surface area contributed by atoms with Crippen LogP contribution in [0.15, 0.2) is 47.6 Å². The average molecular weight is 349 g/mol. The van der Waals surface area contributed by atoms with Gasteiger partial charge in [0.25, 0.3) is 5.91 Å². The molecule has 0 radical (unpaired) electrons. The molecule has 0 saturated heterocycles. The lowest BCUT2D eigenvalue weighted by Gasteiger charge is -2.18. The smallest absolute Gasteiger partial charge is 0.267 e. The number of hydrazone groups is 1. The number of rotatable bonds is 3. The summed E-state index contributed by atoms with van der Waals surface area (Å²) in [7, 11) is 0. The predicted molar refractivity (Wildman–Crippen MR) is 96.7 cm³/mol. The first-order chi connectivity index (χ1) is 10.8. The van der Waals surface area contributed by atoms with Crippen LogP contribution in [0.25, 0.3) is 0 Å². The topological polar surface area (TPSA) is 41.5 Å². The summed E-state index contributed by atoms with van der Waals surface area (Å²) in [5.41, 5.74) is 5.13. The van der Waals surface area contributed by atoms with E-state index in [0.29, 0.717) is 15.6 Å². The molecule has 0 aliphatic rings. The lowest BCUT2D eigenvalue weighted by atomic mass is 9.87. The molecule has 5 heteroatoms. The molecule has 1 N–H and O–H groups in total. The molecule has 0 aliphatic heterocycles. The second-order valence-corrected chi connectivity index (χ2v) is 7.01. The van der Waals surface area contributed by atoms with E-state index in [0.717, 1.165) is 5.56 Å². The Bertz CT molecular complexity index is 732. The fourth-order valence-electron chi connectivity index (χ4n) is 1.94. The summed E-state index contributed by atoms with van der Waals surface area (Å²) < 4.78 is 0. The van der Waals surface area contributed by atoms with Gasteiger partial charge >= 0.3 is 0 Å². The van der Waals surface area contributed by atoms with Gasteiger partial charge in [0.1, 0.15) is 0 Å². The van der Waals surface area contributed by atoms with Gasteiger partial charge in [-0.25, -0.2) is 5.43 Å². The molecule has 0 heterocycles. The number of benzene rings is 2. The Morgan fingerprint density at radius 1 is 1.04 bits per heavy atom. The second kappa shape index (κ2) is 7.16. The summed E-state index contributed by atoms with van der Waals surface area (Å²) in [6.45, 7) is 6.48. The van der Waals surface area contributed by atoms with Gasteiger partial charge in [0.05, 0.1) is 16.3 Å². The second-order valence-electron chi connectivity index (χ2n) is 6.20. The number of nitrogens with one attached hydrogen (secondary N) is 1. The van der Waals surface area contributed by atoms with Gasteiger partial charge < -0.3 is 0 Å². The molecule has 1 amide bonds. The third-order valence-electron chi connectivity index (χ3n) is 3.34. The van der Waals surface area contributed by atoms with Crippen molar-refractivity contribution in [3.05, 3.63) is 69.2 Å². The molecule has 23 heavy (non-hydrogen) atoms. The molecule has 0 spiro atoms. The van der Waals surface area contributed by atoms with Crippen molar-refractivity contribution in [2.75, 3.05) is 0 Å². The SMILES string of the molecule is CC(C)(C)c1ccc(C=NNC(=O)c2ccc(Cl)c(Cl)c2)cc1. The van der Waals surface area contributed by atoms with Crippen molar-refractivity contribution in [1.29, 1.82) is 0 Å². The van der Waals surface area contributed by atoms with Crippen molar-refractivity contribution in [1.82, 2.24) is 5.43 Å². The summed E-state index contributed by atoms with van der Waals surface area (Å²) in [6.07, 6.45) is 1.60.